The van der Waals surface area contributed by atoms with Crippen molar-refractivity contribution < 1.29 is 14.7 Å². The molecule has 2 N–H and O–H groups in total. The average molecular weight is 245 g/mol. The number of carboxylic acid groups (broad SMARTS) is 1. The smallest absolute Gasteiger partial charge is 0.303 e. The zero-order chi connectivity index (χ0) is 12.2. The summed E-state index contributed by atoms with van der Waals surface area (Å²) >= 11 is 1.49. The summed E-state index contributed by atoms with van der Waals surface area (Å²) in [5, 5.41) is 12.9. The van der Waals surface area contributed by atoms with Crippen molar-refractivity contribution in [1.82, 2.24) is 5.32 Å². The fourth-order valence-corrected chi connectivity index (χ4v) is 1.41. The van der Waals surface area contributed by atoms with E-state index in [4.69, 9.17) is 5.11 Å². The number of nitrogens with one attached hydrogen (secondary N) is 1. The van der Waals surface area contributed by atoms with Crippen LogP contribution in [0.15, 0.2) is 11.5 Å². The molecule has 0 aromatic carbocycles. The molecular formula is C11H19NO3S. The van der Waals surface area contributed by atoms with Crippen LogP contribution in [0.1, 0.15) is 32.1 Å². The Morgan fingerprint density at radius 1 is 1.25 bits per heavy atom. The standard InChI is InChI=1S/C11H19NO3S/c1-16-9-7-10(13)12-8-5-3-2-4-6-11(14)15/h7,9H,2-6,8H2,1H3,(H,12,13)(H,14,15)/b9-7+. The van der Waals surface area contributed by atoms with E-state index in [2.05, 4.69) is 5.32 Å². The van der Waals surface area contributed by atoms with Crippen LogP contribution in [-0.2, 0) is 9.59 Å². The quantitative estimate of drug-likeness (QED) is 0.482. The van der Waals surface area contributed by atoms with E-state index in [-0.39, 0.29) is 12.3 Å². The molecule has 1 amide bonds. The summed E-state index contributed by atoms with van der Waals surface area (Å²) in [4.78, 5) is 21.3. The van der Waals surface area contributed by atoms with Crippen LogP contribution >= 0.6 is 11.8 Å². The number of hydrogen-bond donors (Lipinski definition) is 2. The Balaban J connectivity index is 3.23. The molecule has 0 heterocycles. The molecule has 0 radical (unpaired) electrons. The van der Waals surface area contributed by atoms with Crippen molar-refractivity contribution in [3.63, 3.8) is 0 Å². The minimum Gasteiger partial charge on any atom is -0.481 e. The largest absolute Gasteiger partial charge is 0.481 e. The van der Waals surface area contributed by atoms with Crippen LogP contribution in [0.4, 0.5) is 0 Å². The van der Waals surface area contributed by atoms with Gasteiger partial charge in [0, 0.05) is 19.0 Å². The van der Waals surface area contributed by atoms with Gasteiger partial charge in [-0.2, -0.15) is 0 Å². The third kappa shape index (κ3) is 11.1. The first kappa shape index (κ1) is 15.0. The highest BCUT2D eigenvalue weighted by atomic mass is 32.2. The highest BCUT2D eigenvalue weighted by Crippen LogP contribution is 2.02. The molecule has 0 fully saturated rings. The number of carboxylic acids is 1. The van der Waals surface area contributed by atoms with Gasteiger partial charge in [-0.05, 0) is 24.5 Å². The second-order valence-corrected chi connectivity index (χ2v) is 4.13. The van der Waals surface area contributed by atoms with Crippen LogP contribution < -0.4 is 5.32 Å². The molecule has 92 valence electrons. The van der Waals surface area contributed by atoms with Gasteiger partial charge in [0.1, 0.15) is 0 Å². The van der Waals surface area contributed by atoms with E-state index in [1.807, 2.05) is 6.26 Å². The predicted molar refractivity (Wildman–Crippen MR) is 66.4 cm³/mol. The fraction of sp³-hybridized carbons (Fsp3) is 0.636. The summed E-state index contributed by atoms with van der Waals surface area (Å²) in [5.74, 6) is -0.810. The van der Waals surface area contributed by atoms with Crippen molar-refractivity contribution in [2.24, 2.45) is 0 Å². The van der Waals surface area contributed by atoms with Gasteiger partial charge < -0.3 is 10.4 Å². The molecular weight excluding hydrogens is 226 g/mol. The summed E-state index contributed by atoms with van der Waals surface area (Å²) in [6, 6.07) is 0. The molecule has 16 heavy (non-hydrogen) atoms. The van der Waals surface area contributed by atoms with Crippen molar-refractivity contribution in [3.8, 4) is 0 Å². The van der Waals surface area contributed by atoms with Crippen LogP contribution in [0.25, 0.3) is 0 Å². The Kier molecular flexibility index (Phi) is 9.91. The Morgan fingerprint density at radius 2 is 1.94 bits per heavy atom. The number of carbonyl (C=O) groups is 2. The summed E-state index contributed by atoms with van der Waals surface area (Å²) in [7, 11) is 0. The van der Waals surface area contributed by atoms with E-state index >= 15 is 0 Å². The lowest BCUT2D eigenvalue weighted by Crippen LogP contribution is -2.21. The number of amides is 1. The second kappa shape index (κ2) is 10.5. The number of rotatable bonds is 9. The van der Waals surface area contributed by atoms with Gasteiger partial charge in [-0.1, -0.05) is 12.8 Å². The molecule has 0 aliphatic heterocycles. The maximum atomic E-state index is 11.1. The van der Waals surface area contributed by atoms with Crippen LogP contribution in [0.3, 0.4) is 0 Å². The average Bonchev–Trinajstić information content (AvgIpc) is 2.24. The molecule has 0 unspecified atom stereocenters. The molecule has 0 atom stereocenters. The maximum absolute atomic E-state index is 11.1. The summed E-state index contributed by atoms with van der Waals surface area (Å²) in [6.45, 7) is 0.657. The SMILES string of the molecule is CS/C=C/C(=O)NCCCCCCC(=O)O. The number of unbranched alkanes of at least 4 members (excludes halogenated alkanes) is 3. The van der Waals surface area contributed by atoms with Crippen LogP contribution in [0.5, 0.6) is 0 Å². The predicted octanol–water partition coefficient (Wildman–Crippen LogP) is 2.01. The molecule has 0 aliphatic carbocycles. The van der Waals surface area contributed by atoms with Gasteiger partial charge in [0.2, 0.25) is 5.91 Å². The Morgan fingerprint density at radius 3 is 2.56 bits per heavy atom. The van der Waals surface area contributed by atoms with Gasteiger partial charge in [-0.3, -0.25) is 9.59 Å². The van der Waals surface area contributed by atoms with E-state index in [1.54, 1.807) is 5.41 Å². The molecule has 0 saturated heterocycles. The van der Waals surface area contributed by atoms with Crippen LogP contribution in [0, 0.1) is 0 Å². The van der Waals surface area contributed by atoms with Crippen molar-refractivity contribution in [2.45, 2.75) is 32.1 Å². The topological polar surface area (TPSA) is 66.4 Å². The minimum atomic E-state index is -0.740. The lowest BCUT2D eigenvalue weighted by molar-refractivity contribution is -0.137. The van der Waals surface area contributed by atoms with E-state index in [1.165, 1.54) is 17.8 Å². The summed E-state index contributed by atoms with van der Waals surface area (Å²) in [6.07, 6.45) is 7.13. The van der Waals surface area contributed by atoms with Gasteiger partial charge in [-0.15, -0.1) is 11.8 Å². The van der Waals surface area contributed by atoms with Gasteiger partial charge >= 0.3 is 5.97 Å². The summed E-state index contributed by atoms with van der Waals surface area (Å²) in [5.41, 5.74) is 0. The minimum absolute atomic E-state index is 0.0696. The molecule has 0 aromatic heterocycles. The molecule has 0 rings (SSSR count). The Labute approximate surface area is 100 Å². The number of hydrogen-bond acceptors (Lipinski definition) is 3. The first-order valence-corrected chi connectivity index (χ1v) is 6.64. The first-order valence-electron chi connectivity index (χ1n) is 5.35. The number of thioether (sulfide) groups is 1. The van der Waals surface area contributed by atoms with Gasteiger partial charge in [0.15, 0.2) is 0 Å². The highest BCUT2D eigenvalue weighted by Gasteiger charge is 1.97. The van der Waals surface area contributed by atoms with E-state index in [9.17, 15) is 9.59 Å². The van der Waals surface area contributed by atoms with Gasteiger partial charge in [0.05, 0.1) is 0 Å². The van der Waals surface area contributed by atoms with E-state index < -0.39 is 5.97 Å². The Hall–Kier alpha value is -0.970. The lowest BCUT2D eigenvalue weighted by atomic mass is 10.1. The van der Waals surface area contributed by atoms with Crippen molar-refractivity contribution in [1.29, 1.82) is 0 Å². The molecule has 0 aromatic rings. The van der Waals surface area contributed by atoms with Crippen molar-refractivity contribution in [2.75, 3.05) is 12.8 Å². The second-order valence-electron chi connectivity index (χ2n) is 3.39. The summed E-state index contributed by atoms with van der Waals surface area (Å²) < 4.78 is 0. The molecule has 0 bridgehead atoms. The van der Waals surface area contributed by atoms with Crippen LogP contribution in [0.2, 0.25) is 0 Å². The maximum Gasteiger partial charge on any atom is 0.303 e. The van der Waals surface area contributed by atoms with E-state index in [0.29, 0.717) is 6.54 Å². The third-order valence-electron chi connectivity index (χ3n) is 1.97. The third-order valence-corrected chi connectivity index (χ3v) is 2.38. The Bertz CT molecular complexity index is 241. The van der Waals surface area contributed by atoms with Crippen molar-refractivity contribution >= 4 is 23.6 Å². The van der Waals surface area contributed by atoms with Crippen LogP contribution in [-0.4, -0.2) is 29.8 Å². The molecule has 4 nitrogen and oxygen atoms in total. The zero-order valence-electron chi connectivity index (χ0n) is 9.57. The normalized spacial score (nSPS) is 10.6. The first-order chi connectivity index (χ1) is 7.66. The highest BCUT2D eigenvalue weighted by molar-refractivity contribution is 8.01. The monoisotopic (exact) mass is 245 g/mol. The van der Waals surface area contributed by atoms with E-state index in [0.717, 1.165) is 25.7 Å². The van der Waals surface area contributed by atoms with Gasteiger partial charge in [-0.25, -0.2) is 0 Å². The fourth-order valence-electron chi connectivity index (χ4n) is 1.16. The molecule has 0 saturated carbocycles. The number of carbonyl (C=O) groups excluding carboxylic acids is 1. The lowest BCUT2D eigenvalue weighted by Gasteiger charge is -2.01. The molecule has 0 spiro atoms. The zero-order valence-corrected chi connectivity index (χ0v) is 10.4. The molecule has 0 aliphatic rings. The van der Waals surface area contributed by atoms with Gasteiger partial charge in [0.25, 0.3) is 0 Å². The molecule has 5 heteroatoms. The number of aliphatic carboxylic acids is 1. The van der Waals surface area contributed by atoms with Crippen molar-refractivity contribution in [3.05, 3.63) is 11.5 Å².